The van der Waals surface area contributed by atoms with Crippen LogP contribution in [0.3, 0.4) is 0 Å². The maximum absolute atomic E-state index is 11.3. The van der Waals surface area contributed by atoms with Gasteiger partial charge in [0.2, 0.25) is 5.91 Å². The highest BCUT2D eigenvalue weighted by molar-refractivity contribution is 5.75. The van der Waals surface area contributed by atoms with Crippen LogP contribution in [0, 0.1) is 6.92 Å². The summed E-state index contributed by atoms with van der Waals surface area (Å²) in [4.78, 5) is 13.1. The number of benzene rings is 1. The van der Waals surface area contributed by atoms with Gasteiger partial charge in [-0.15, -0.1) is 0 Å². The van der Waals surface area contributed by atoms with Crippen molar-refractivity contribution in [2.45, 2.75) is 26.7 Å². The summed E-state index contributed by atoms with van der Waals surface area (Å²) in [6, 6.07) is 8.43. The molecule has 0 aliphatic rings. The maximum Gasteiger partial charge on any atom is 0.222 e. The average molecular weight is 205 g/mol. The number of carbonyl (C=O) groups excluding carboxylic acids is 1. The second-order valence-electron chi connectivity index (χ2n) is 3.91. The van der Waals surface area contributed by atoms with Crippen LogP contribution in [0.1, 0.15) is 24.5 Å². The third-order valence-corrected chi connectivity index (χ3v) is 2.55. The third kappa shape index (κ3) is 3.74. The van der Waals surface area contributed by atoms with Crippen LogP contribution in [0.5, 0.6) is 0 Å². The molecular formula is C13H19NO. The fourth-order valence-electron chi connectivity index (χ4n) is 1.56. The molecule has 2 nitrogen and oxygen atoms in total. The molecule has 0 saturated heterocycles. The van der Waals surface area contributed by atoms with Crippen LogP contribution in [0.4, 0.5) is 0 Å². The number of hydrogen-bond donors (Lipinski definition) is 0. The lowest BCUT2D eigenvalue weighted by molar-refractivity contribution is -0.129. The molecule has 1 amide bonds. The van der Waals surface area contributed by atoms with Crippen LogP contribution < -0.4 is 0 Å². The van der Waals surface area contributed by atoms with E-state index in [1.165, 1.54) is 11.1 Å². The summed E-state index contributed by atoms with van der Waals surface area (Å²) in [6.07, 6.45) is 1.52. The lowest BCUT2D eigenvalue weighted by Crippen LogP contribution is -2.27. The highest BCUT2D eigenvalue weighted by Gasteiger charge is 2.05. The minimum absolute atomic E-state index is 0.211. The summed E-state index contributed by atoms with van der Waals surface area (Å²) in [5.41, 5.74) is 2.57. The third-order valence-electron chi connectivity index (χ3n) is 2.55. The van der Waals surface area contributed by atoms with Crippen molar-refractivity contribution < 1.29 is 4.79 Å². The van der Waals surface area contributed by atoms with E-state index in [2.05, 4.69) is 31.2 Å². The van der Waals surface area contributed by atoms with Crippen LogP contribution >= 0.6 is 0 Å². The number of amides is 1. The molecule has 0 aliphatic heterocycles. The first-order valence-electron chi connectivity index (χ1n) is 5.43. The SMILES string of the molecule is CCC(=O)N(C)CCc1cccc(C)c1. The van der Waals surface area contributed by atoms with Gasteiger partial charge in [-0.1, -0.05) is 36.8 Å². The van der Waals surface area contributed by atoms with Crippen LogP contribution in [-0.4, -0.2) is 24.4 Å². The van der Waals surface area contributed by atoms with Gasteiger partial charge < -0.3 is 4.90 Å². The topological polar surface area (TPSA) is 20.3 Å². The Hall–Kier alpha value is -1.31. The number of likely N-dealkylation sites (N-methyl/N-ethyl adjacent to an activating group) is 1. The van der Waals surface area contributed by atoms with Gasteiger partial charge >= 0.3 is 0 Å². The summed E-state index contributed by atoms with van der Waals surface area (Å²) in [5.74, 6) is 0.211. The van der Waals surface area contributed by atoms with Gasteiger partial charge in [0.05, 0.1) is 0 Å². The van der Waals surface area contributed by atoms with E-state index in [0.717, 1.165) is 13.0 Å². The highest BCUT2D eigenvalue weighted by atomic mass is 16.2. The Bertz CT molecular complexity index is 333. The van der Waals surface area contributed by atoms with E-state index < -0.39 is 0 Å². The minimum atomic E-state index is 0.211. The molecule has 1 rings (SSSR count). The largest absolute Gasteiger partial charge is 0.345 e. The number of nitrogens with zero attached hydrogens (tertiary/aromatic N) is 1. The smallest absolute Gasteiger partial charge is 0.222 e. The molecule has 0 N–H and O–H groups in total. The zero-order valence-electron chi connectivity index (χ0n) is 9.79. The molecular weight excluding hydrogens is 186 g/mol. The van der Waals surface area contributed by atoms with Gasteiger partial charge in [0, 0.05) is 20.0 Å². The maximum atomic E-state index is 11.3. The van der Waals surface area contributed by atoms with E-state index >= 15 is 0 Å². The monoisotopic (exact) mass is 205 g/mol. The summed E-state index contributed by atoms with van der Waals surface area (Å²) in [7, 11) is 1.86. The van der Waals surface area contributed by atoms with E-state index in [0.29, 0.717) is 6.42 Å². The van der Waals surface area contributed by atoms with E-state index in [9.17, 15) is 4.79 Å². The molecule has 1 aromatic rings. The average Bonchev–Trinajstić information content (AvgIpc) is 2.25. The van der Waals surface area contributed by atoms with Crippen LogP contribution in [0.25, 0.3) is 0 Å². The summed E-state index contributed by atoms with van der Waals surface area (Å²) in [6.45, 7) is 4.78. The first kappa shape index (κ1) is 11.8. The van der Waals surface area contributed by atoms with E-state index in [4.69, 9.17) is 0 Å². The standard InChI is InChI=1S/C13H19NO/c1-4-13(15)14(3)9-8-12-7-5-6-11(2)10-12/h5-7,10H,4,8-9H2,1-3H3. The van der Waals surface area contributed by atoms with E-state index in [-0.39, 0.29) is 5.91 Å². The van der Waals surface area contributed by atoms with Crippen molar-refractivity contribution in [2.75, 3.05) is 13.6 Å². The molecule has 0 unspecified atom stereocenters. The molecule has 0 aliphatic carbocycles. The zero-order valence-corrected chi connectivity index (χ0v) is 9.79. The first-order valence-corrected chi connectivity index (χ1v) is 5.43. The number of carbonyl (C=O) groups is 1. The first-order chi connectivity index (χ1) is 7.13. The molecule has 0 saturated carbocycles. The van der Waals surface area contributed by atoms with Crippen molar-refractivity contribution >= 4 is 5.91 Å². The van der Waals surface area contributed by atoms with Gasteiger partial charge in [0.25, 0.3) is 0 Å². The molecule has 0 fully saturated rings. The van der Waals surface area contributed by atoms with Gasteiger partial charge in [-0.25, -0.2) is 0 Å². The number of aryl methyl sites for hydroxylation is 1. The molecule has 0 aromatic heterocycles. The predicted octanol–water partition coefficient (Wildman–Crippen LogP) is 2.41. The zero-order chi connectivity index (χ0) is 11.3. The van der Waals surface area contributed by atoms with E-state index in [1.54, 1.807) is 4.90 Å². The van der Waals surface area contributed by atoms with Crippen molar-refractivity contribution in [3.8, 4) is 0 Å². The van der Waals surface area contributed by atoms with Crippen molar-refractivity contribution in [3.05, 3.63) is 35.4 Å². The molecule has 0 radical (unpaired) electrons. The van der Waals surface area contributed by atoms with Crippen molar-refractivity contribution in [3.63, 3.8) is 0 Å². The van der Waals surface area contributed by atoms with Crippen LogP contribution in [0.2, 0.25) is 0 Å². The summed E-state index contributed by atoms with van der Waals surface area (Å²) < 4.78 is 0. The predicted molar refractivity (Wildman–Crippen MR) is 62.8 cm³/mol. The van der Waals surface area contributed by atoms with Crippen LogP contribution in [-0.2, 0) is 11.2 Å². The highest BCUT2D eigenvalue weighted by Crippen LogP contribution is 2.05. The van der Waals surface area contributed by atoms with Crippen molar-refractivity contribution in [2.24, 2.45) is 0 Å². The molecule has 0 bridgehead atoms. The van der Waals surface area contributed by atoms with Gasteiger partial charge in [-0.3, -0.25) is 4.79 Å². The van der Waals surface area contributed by atoms with Gasteiger partial charge in [-0.2, -0.15) is 0 Å². The second-order valence-corrected chi connectivity index (χ2v) is 3.91. The van der Waals surface area contributed by atoms with E-state index in [1.807, 2.05) is 14.0 Å². The Morgan fingerprint density at radius 2 is 2.13 bits per heavy atom. The fourth-order valence-corrected chi connectivity index (χ4v) is 1.56. The molecule has 2 heteroatoms. The lowest BCUT2D eigenvalue weighted by Gasteiger charge is -2.16. The number of hydrogen-bond acceptors (Lipinski definition) is 1. The Kier molecular flexibility index (Phi) is 4.35. The fraction of sp³-hybridized carbons (Fsp3) is 0.462. The molecule has 0 atom stereocenters. The molecule has 0 heterocycles. The number of rotatable bonds is 4. The molecule has 1 aromatic carbocycles. The normalized spacial score (nSPS) is 10.1. The van der Waals surface area contributed by atoms with Crippen molar-refractivity contribution in [1.29, 1.82) is 0 Å². The Morgan fingerprint density at radius 1 is 1.40 bits per heavy atom. The molecule has 82 valence electrons. The van der Waals surface area contributed by atoms with Gasteiger partial charge in [0.15, 0.2) is 0 Å². The quantitative estimate of drug-likeness (QED) is 0.739. The Balaban J connectivity index is 2.47. The van der Waals surface area contributed by atoms with Crippen molar-refractivity contribution in [1.82, 2.24) is 4.90 Å². The minimum Gasteiger partial charge on any atom is -0.345 e. The van der Waals surface area contributed by atoms with Crippen LogP contribution in [0.15, 0.2) is 24.3 Å². The lowest BCUT2D eigenvalue weighted by atomic mass is 10.1. The molecule has 15 heavy (non-hydrogen) atoms. The Labute approximate surface area is 91.9 Å². The second kappa shape index (κ2) is 5.54. The Morgan fingerprint density at radius 3 is 2.73 bits per heavy atom. The summed E-state index contributed by atoms with van der Waals surface area (Å²) in [5, 5.41) is 0. The van der Waals surface area contributed by atoms with Gasteiger partial charge in [0.1, 0.15) is 0 Å². The summed E-state index contributed by atoms with van der Waals surface area (Å²) >= 11 is 0. The molecule has 0 spiro atoms. The van der Waals surface area contributed by atoms with Gasteiger partial charge in [-0.05, 0) is 18.9 Å².